The number of nitrogens with one attached hydrogen (secondary N) is 1. The number of hydrogen-bond acceptors (Lipinski definition) is 4. The molecule has 0 spiro atoms. The van der Waals surface area contributed by atoms with E-state index in [-0.39, 0.29) is 18.7 Å². The molecule has 188 valence electrons. The lowest BCUT2D eigenvalue weighted by Crippen LogP contribution is -3.03. The summed E-state index contributed by atoms with van der Waals surface area (Å²) in [5.41, 5.74) is 3.98. The highest BCUT2D eigenvalue weighted by Crippen LogP contribution is 2.30. The summed E-state index contributed by atoms with van der Waals surface area (Å²) in [6, 6.07) is 24.0. The standard InChI is InChI=1S/C31H25N3O3S/c35-28(17-29-33-26-16-21(14-15-27(26)38-29)20-8-2-1-3-9-20)34-31(30(36)37,23-10-4-5-11-23)18-22-19-32-25-13-7-6-12-24(22)25/h1-4,6-16,19,32H,5,17-18H2,(H,34,35)(H,36,37)/p+1. The van der Waals surface area contributed by atoms with Crippen LogP contribution in [0.5, 0.6) is 0 Å². The molecule has 0 aliphatic heterocycles. The normalized spacial score (nSPS) is 14.6. The van der Waals surface area contributed by atoms with Crippen molar-refractivity contribution in [3.63, 3.8) is 0 Å². The number of nitrogens with two attached hydrogens (primary N) is 1. The van der Waals surface area contributed by atoms with E-state index >= 15 is 0 Å². The van der Waals surface area contributed by atoms with Crippen molar-refractivity contribution in [1.82, 2.24) is 9.97 Å². The lowest BCUT2D eigenvalue weighted by molar-refractivity contribution is -0.623. The molecule has 0 fully saturated rings. The van der Waals surface area contributed by atoms with E-state index in [0.29, 0.717) is 17.0 Å². The van der Waals surface area contributed by atoms with E-state index in [1.165, 1.54) is 16.7 Å². The fraction of sp³-hybridized carbons (Fsp3) is 0.129. The first kappa shape index (κ1) is 24.0. The lowest BCUT2D eigenvalue weighted by Gasteiger charge is -2.27. The van der Waals surface area contributed by atoms with E-state index in [2.05, 4.69) is 23.2 Å². The van der Waals surface area contributed by atoms with E-state index < -0.39 is 11.5 Å². The van der Waals surface area contributed by atoms with Gasteiger partial charge in [0, 0.05) is 29.1 Å². The molecule has 2 aromatic heterocycles. The van der Waals surface area contributed by atoms with Gasteiger partial charge in [-0.2, -0.15) is 0 Å². The summed E-state index contributed by atoms with van der Waals surface area (Å²) in [5.74, 6) is -1.29. The number of benzene rings is 3. The molecular weight excluding hydrogens is 494 g/mol. The molecular formula is C31H26N3O3S+. The van der Waals surface area contributed by atoms with Gasteiger partial charge in [0.05, 0.1) is 10.2 Å². The molecule has 2 heterocycles. The molecule has 5 aromatic rings. The molecule has 1 aliphatic rings. The summed E-state index contributed by atoms with van der Waals surface area (Å²) < 4.78 is 0.997. The Morgan fingerprint density at radius 1 is 1.03 bits per heavy atom. The van der Waals surface area contributed by atoms with Crippen molar-refractivity contribution in [2.24, 2.45) is 0 Å². The topological polar surface area (TPSA) is 99.7 Å². The van der Waals surface area contributed by atoms with Crippen LogP contribution in [-0.2, 0) is 22.4 Å². The molecule has 0 bridgehead atoms. The van der Waals surface area contributed by atoms with Crippen molar-refractivity contribution in [3.8, 4) is 11.1 Å². The molecule has 6 rings (SSSR count). The number of amides is 1. The van der Waals surface area contributed by atoms with Crippen LogP contribution in [0.25, 0.3) is 32.2 Å². The van der Waals surface area contributed by atoms with Crippen LogP contribution in [-0.4, -0.2) is 32.5 Å². The molecule has 7 heteroatoms. The summed E-state index contributed by atoms with van der Waals surface area (Å²) >= 11 is 1.47. The number of quaternary nitrogens is 1. The van der Waals surface area contributed by atoms with Crippen LogP contribution in [0.3, 0.4) is 0 Å². The Labute approximate surface area is 223 Å². The number of carbonyl (C=O) groups is 2. The number of carboxylic acid groups (broad SMARTS) is 1. The van der Waals surface area contributed by atoms with Crippen LogP contribution < -0.4 is 5.32 Å². The van der Waals surface area contributed by atoms with Gasteiger partial charge in [-0.15, -0.1) is 11.3 Å². The third-order valence-corrected chi connectivity index (χ3v) is 8.12. The molecule has 1 amide bonds. The van der Waals surface area contributed by atoms with Crippen LogP contribution in [0.2, 0.25) is 0 Å². The summed E-state index contributed by atoms with van der Waals surface area (Å²) in [6.45, 7) is 0. The minimum Gasteiger partial charge on any atom is -0.476 e. The van der Waals surface area contributed by atoms with Crippen LogP contribution in [0, 0.1) is 0 Å². The third-order valence-electron chi connectivity index (χ3n) is 7.08. The lowest BCUT2D eigenvalue weighted by atomic mass is 9.83. The van der Waals surface area contributed by atoms with Gasteiger partial charge in [-0.25, -0.2) is 14.6 Å². The number of primary amides is 1. The number of hydrogen-bond donors (Lipinski definition) is 3. The Bertz CT molecular complexity index is 1730. The van der Waals surface area contributed by atoms with Gasteiger partial charge in [-0.1, -0.05) is 72.8 Å². The van der Waals surface area contributed by atoms with E-state index in [9.17, 15) is 14.7 Å². The summed E-state index contributed by atoms with van der Waals surface area (Å²) in [5, 5.41) is 13.6. The summed E-state index contributed by atoms with van der Waals surface area (Å²) in [6.07, 6.45) is 8.39. The van der Waals surface area contributed by atoms with Crippen molar-refractivity contribution >= 4 is 44.3 Å². The van der Waals surface area contributed by atoms with Gasteiger partial charge in [-0.3, -0.25) is 5.32 Å². The summed E-state index contributed by atoms with van der Waals surface area (Å²) in [4.78, 5) is 34.3. The largest absolute Gasteiger partial charge is 0.476 e. The molecule has 3 aromatic carbocycles. The molecule has 1 unspecified atom stereocenters. The third kappa shape index (κ3) is 4.47. The molecule has 38 heavy (non-hydrogen) atoms. The molecule has 0 radical (unpaired) electrons. The Balaban J connectivity index is 1.29. The average molecular weight is 521 g/mol. The van der Waals surface area contributed by atoms with Crippen molar-refractivity contribution in [2.45, 2.75) is 24.8 Å². The van der Waals surface area contributed by atoms with Crippen molar-refractivity contribution in [1.29, 1.82) is 0 Å². The highest BCUT2D eigenvalue weighted by Gasteiger charge is 2.48. The maximum Gasteiger partial charge on any atom is 0.371 e. The van der Waals surface area contributed by atoms with Crippen molar-refractivity contribution < 1.29 is 20.0 Å². The number of allylic oxidation sites excluding steroid dienone is 2. The molecule has 0 saturated carbocycles. The Kier molecular flexibility index (Phi) is 6.23. The number of nitrogens with zero attached hydrogens (tertiary/aromatic N) is 1. The number of aliphatic carboxylic acids is 1. The van der Waals surface area contributed by atoms with Gasteiger partial charge in [0.2, 0.25) is 5.54 Å². The average Bonchev–Trinajstić information content (AvgIpc) is 3.68. The minimum atomic E-state index is -1.47. The Morgan fingerprint density at radius 3 is 2.63 bits per heavy atom. The first-order valence-electron chi connectivity index (χ1n) is 12.5. The first-order valence-corrected chi connectivity index (χ1v) is 13.3. The van der Waals surface area contributed by atoms with Crippen LogP contribution in [0.4, 0.5) is 0 Å². The zero-order valence-corrected chi connectivity index (χ0v) is 21.4. The van der Waals surface area contributed by atoms with Gasteiger partial charge in [0.25, 0.3) is 0 Å². The van der Waals surface area contributed by atoms with E-state index in [1.807, 2.05) is 79.0 Å². The van der Waals surface area contributed by atoms with Crippen LogP contribution in [0.15, 0.2) is 103 Å². The smallest absolute Gasteiger partial charge is 0.371 e. The van der Waals surface area contributed by atoms with Gasteiger partial charge in [0.15, 0.2) is 0 Å². The van der Waals surface area contributed by atoms with Gasteiger partial charge < -0.3 is 10.1 Å². The fourth-order valence-corrected chi connectivity index (χ4v) is 6.16. The maximum atomic E-state index is 13.4. The second kappa shape index (κ2) is 9.85. The number of rotatable bonds is 8. The van der Waals surface area contributed by atoms with Crippen LogP contribution in [0.1, 0.15) is 17.0 Å². The first-order chi connectivity index (χ1) is 18.5. The van der Waals surface area contributed by atoms with Gasteiger partial charge in [0.1, 0.15) is 11.4 Å². The number of fused-ring (bicyclic) bond motifs is 2. The predicted octanol–water partition coefficient (Wildman–Crippen LogP) is 5.03. The quantitative estimate of drug-likeness (QED) is 0.267. The molecule has 1 atom stereocenters. The molecule has 4 N–H and O–H groups in total. The number of para-hydroxylation sites is 1. The molecule has 0 saturated heterocycles. The van der Waals surface area contributed by atoms with E-state index in [4.69, 9.17) is 4.98 Å². The van der Waals surface area contributed by atoms with Crippen molar-refractivity contribution in [3.05, 3.63) is 113 Å². The monoisotopic (exact) mass is 520 g/mol. The number of carbonyl (C=O) groups excluding carboxylic acids is 1. The minimum absolute atomic E-state index is 0.0555. The Morgan fingerprint density at radius 2 is 1.84 bits per heavy atom. The zero-order valence-electron chi connectivity index (χ0n) is 20.6. The molecule has 6 nitrogen and oxygen atoms in total. The number of thiazole rings is 1. The Hall–Kier alpha value is -4.33. The van der Waals surface area contributed by atoms with Crippen LogP contribution >= 0.6 is 11.3 Å². The van der Waals surface area contributed by atoms with Gasteiger partial charge in [-0.05, 0) is 41.3 Å². The second-order valence-electron chi connectivity index (χ2n) is 9.55. The maximum absolute atomic E-state index is 13.4. The SMILES string of the molecule is O=C(Cc1nc2cc(-c3ccccc3)ccc2s1)[NH2+]C(Cc1c[nH]c2ccccc12)(C(=O)O)C1=CCC=C1. The van der Waals surface area contributed by atoms with E-state index in [0.717, 1.165) is 37.8 Å². The van der Waals surface area contributed by atoms with Gasteiger partial charge >= 0.3 is 11.9 Å². The second-order valence-corrected chi connectivity index (χ2v) is 10.7. The summed E-state index contributed by atoms with van der Waals surface area (Å²) in [7, 11) is 0. The van der Waals surface area contributed by atoms with Crippen molar-refractivity contribution in [2.75, 3.05) is 0 Å². The fourth-order valence-electron chi connectivity index (χ4n) is 5.20. The number of aromatic amines is 1. The zero-order chi connectivity index (χ0) is 26.1. The highest BCUT2D eigenvalue weighted by atomic mass is 32.1. The number of carboxylic acids is 1. The highest BCUT2D eigenvalue weighted by molar-refractivity contribution is 7.18. The number of H-pyrrole nitrogens is 1. The number of aromatic nitrogens is 2. The molecule has 1 aliphatic carbocycles. The van der Waals surface area contributed by atoms with E-state index in [1.54, 1.807) is 0 Å². The predicted molar refractivity (Wildman–Crippen MR) is 150 cm³/mol.